The fraction of sp³-hybridized carbons (Fsp3) is 0.750. The summed E-state index contributed by atoms with van der Waals surface area (Å²) in [6, 6.07) is 2.16. The van der Waals surface area contributed by atoms with Crippen LogP contribution in [0.15, 0.2) is 10.6 Å². The van der Waals surface area contributed by atoms with Crippen LogP contribution in [0.2, 0.25) is 0 Å². The van der Waals surface area contributed by atoms with Crippen LogP contribution >= 0.6 is 0 Å². The Morgan fingerprint density at radius 1 is 1.04 bits per heavy atom. The first-order chi connectivity index (χ1) is 13.2. The lowest BCUT2D eigenvalue weighted by Crippen LogP contribution is -2.44. The van der Waals surface area contributed by atoms with E-state index in [1.807, 2.05) is 0 Å². The molecule has 1 aromatic rings. The quantitative estimate of drug-likeness (QED) is 0.764. The number of carbonyl (C=O) groups is 2. The molecule has 148 valence electrons. The Labute approximate surface area is 160 Å². The van der Waals surface area contributed by atoms with Crippen molar-refractivity contribution < 1.29 is 14.1 Å². The number of aromatic nitrogens is 1. The normalized spacial score (nSPS) is 26.1. The van der Waals surface area contributed by atoms with Crippen molar-refractivity contribution in [1.29, 1.82) is 0 Å². The molecule has 1 saturated heterocycles. The maximum atomic E-state index is 12.3. The molecule has 1 aromatic heterocycles. The molecule has 4 rings (SSSR count). The smallest absolute Gasteiger partial charge is 0.273 e. The Morgan fingerprint density at radius 2 is 1.70 bits per heavy atom. The lowest BCUT2D eigenvalue weighted by atomic mass is 9.91. The Hall–Kier alpha value is -1.89. The average molecular weight is 374 g/mol. The molecular formula is C20H30N4O3. The molecule has 2 N–H and O–H groups in total. The number of nitrogens with zero attached hydrogens (tertiary/aromatic N) is 2. The third-order valence-corrected chi connectivity index (χ3v) is 6.02. The summed E-state index contributed by atoms with van der Waals surface area (Å²) in [4.78, 5) is 26.8. The molecule has 7 heteroatoms. The Kier molecular flexibility index (Phi) is 5.76. The molecule has 1 aliphatic heterocycles. The first-order valence-corrected chi connectivity index (χ1v) is 10.5. The molecule has 3 fully saturated rings. The van der Waals surface area contributed by atoms with Gasteiger partial charge < -0.3 is 20.1 Å². The summed E-state index contributed by atoms with van der Waals surface area (Å²) in [6.45, 7) is 3.13. The molecule has 0 spiro atoms. The highest BCUT2D eigenvalue weighted by molar-refractivity contribution is 5.92. The highest BCUT2D eigenvalue weighted by Crippen LogP contribution is 2.40. The first kappa shape index (κ1) is 18.5. The standard InChI is InChI=1S/C20H30N4O3/c25-19(9-12-24-10-1-2-11-24)21-15-5-7-16(8-6-15)22-20(26)17-13-18(27-23-17)14-3-4-14/h13-16H,1-12H2,(H,21,25)(H,22,26). The molecule has 0 aromatic carbocycles. The van der Waals surface area contributed by atoms with Crippen LogP contribution in [0.1, 0.15) is 80.0 Å². The van der Waals surface area contributed by atoms with Crippen LogP contribution in [0.4, 0.5) is 0 Å². The summed E-state index contributed by atoms with van der Waals surface area (Å²) in [5, 5.41) is 10.1. The number of hydrogen-bond donors (Lipinski definition) is 2. The predicted molar refractivity (Wildman–Crippen MR) is 100 cm³/mol. The van der Waals surface area contributed by atoms with Gasteiger partial charge in [-0.2, -0.15) is 0 Å². The van der Waals surface area contributed by atoms with Crippen LogP contribution in [-0.2, 0) is 4.79 Å². The van der Waals surface area contributed by atoms with Gasteiger partial charge in [-0.05, 0) is 64.5 Å². The van der Waals surface area contributed by atoms with E-state index in [2.05, 4.69) is 20.7 Å². The monoisotopic (exact) mass is 374 g/mol. The number of hydrogen-bond acceptors (Lipinski definition) is 5. The van der Waals surface area contributed by atoms with Gasteiger partial charge in [-0.3, -0.25) is 9.59 Å². The fourth-order valence-corrected chi connectivity index (χ4v) is 4.16. The highest BCUT2D eigenvalue weighted by Gasteiger charge is 2.30. The SMILES string of the molecule is O=C(CCN1CCCC1)NC1CCC(NC(=O)c2cc(C3CC3)on2)CC1. The minimum atomic E-state index is -0.149. The Balaban J connectivity index is 1.15. The van der Waals surface area contributed by atoms with E-state index in [-0.39, 0.29) is 23.9 Å². The van der Waals surface area contributed by atoms with Gasteiger partial charge in [-0.15, -0.1) is 0 Å². The molecule has 2 saturated carbocycles. The first-order valence-electron chi connectivity index (χ1n) is 10.5. The summed E-state index contributed by atoms with van der Waals surface area (Å²) >= 11 is 0. The van der Waals surface area contributed by atoms with Gasteiger partial charge >= 0.3 is 0 Å². The van der Waals surface area contributed by atoms with E-state index in [1.54, 1.807) is 6.07 Å². The van der Waals surface area contributed by atoms with E-state index in [1.165, 1.54) is 12.8 Å². The van der Waals surface area contributed by atoms with Crippen molar-refractivity contribution in [2.75, 3.05) is 19.6 Å². The maximum absolute atomic E-state index is 12.3. The molecule has 27 heavy (non-hydrogen) atoms. The van der Waals surface area contributed by atoms with Gasteiger partial charge in [0.15, 0.2) is 5.69 Å². The van der Waals surface area contributed by atoms with Crippen molar-refractivity contribution in [3.63, 3.8) is 0 Å². The van der Waals surface area contributed by atoms with Crippen LogP contribution in [0.5, 0.6) is 0 Å². The van der Waals surface area contributed by atoms with E-state index >= 15 is 0 Å². The summed E-state index contributed by atoms with van der Waals surface area (Å²) in [5.41, 5.74) is 0.384. The molecule has 7 nitrogen and oxygen atoms in total. The predicted octanol–water partition coefficient (Wildman–Crippen LogP) is 2.20. The second-order valence-electron chi connectivity index (χ2n) is 8.28. The summed E-state index contributed by atoms with van der Waals surface area (Å²) in [6.07, 6.45) is 8.95. The van der Waals surface area contributed by atoms with Gasteiger partial charge in [0.2, 0.25) is 5.91 Å². The molecule has 0 bridgehead atoms. The van der Waals surface area contributed by atoms with Crippen LogP contribution in [0, 0.1) is 0 Å². The zero-order valence-corrected chi connectivity index (χ0v) is 15.9. The molecule has 2 aliphatic carbocycles. The van der Waals surface area contributed by atoms with Crippen molar-refractivity contribution in [2.24, 2.45) is 0 Å². The zero-order valence-electron chi connectivity index (χ0n) is 15.9. The van der Waals surface area contributed by atoms with Gasteiger partial charge in [0.1, 0.15) is 5.76 Å². The molecular weight excluding hydrogens is 344 g/mol. The molecule has 3 aliphatic rings. The van der Waals surface area contributed by atoms with Crippen LogP contribution < -0.4 is 10.6 Å². The van der Waals surface area contributed by atoms with Crippen molar-refractivity contribution in [3.05, 3.63) is 17.5 Å². The van der Waals surface area contributed by atoms with Crippen LogP contribution in [0.25, 0.3) is 0 Å². The maximum Gasteiger partial charge on any atom is 0.273 e. The number of nitrogens with one attached hydrogen (secondary N) is 2. The number of amides is 2. The second-order valence-corrected chi connectivity index (χ2v) is 8.28. The number of rotatable bonds is 7. The largest absolute Gasteiger partial charge is 0.360 e. The minimum Gasteiger partial charge on any atom is -0.360 e. The van der Waals surface area contributed by atoms with Crippen LogP contribution in [0.3, 0.4) is 0 Å². The van der Waals surface area contributed by atoms with Crippen molar-refractivity contribution >= 4 is 11.8 Å². The second kappa shape index (κ2) is 8.42. The van der Waals surface area contributed by atoms with E-state index in [0.717, 1.165) is 63.9 Å². The van der Waals surface area contributed by atoms with Crippen molar-refractivity contribution in [1.82, 2.24) is 20.7 Å². The van der Waals surface area contributed by atoms with E-state index < -0.39 is 0 Å². The van der Waals surface area contributed by atoms with E-state index in [0.29, 0.717) is 18.0 Å². The molecule has 0 radical (unpaired) electrons. The third kappa shape index (κ3) is 5.09. The molecule has 0 atom stereocenters. The third-order valence-electron chi connectivity index (χ3n) is 6.02. The Morgan fingerprint density at radius 3 is 2.37 bits per heavy atom. The van der Waals surface area contributed by atoms with Crippen LogP contribution in [-0.4, -0.2) is 53.6 Å². The van der Waals surface area contributed by atoms with E-state index in [9.17, 15) is 9.59 Å². The van der Waals surface area contributed by atoms with Gasteiger partial charge in [0.05, 0.1) is 0 Å². The van der Waals surface area contributed by atoms with Gasteiger partial charge in [0, 0.05) is 37.0 Å². The van der Waals surface area contributed by atoms with E-state index in [4.69, 9.17) is 4.52 Å². The minimum absolute atomic E-state index is 0.149. The lowest BCUT2D eigenvalue weighted by Gasteiger charge is -2.29. The lowest BCUT2D eigenvalue weighted by molar-refractivity contribution is -0.122. The Bertz CT molecular complexity index is 656. The molecule has 2 heterocycles. The summed E-state index contributed by atoms with van der Waals surface area (Å²) in [7, 11) is 0. The average Bonchev–Trinajstić information content (AvgIpc) is 3.18. The van der Waals surface area contributed by atoms with Crippen molar-refractivity contribution in [2.45, 2.75) is 75.8 Å². The highest BCUT2D eigenvalue weighted by atomic mass is 16.5. The number of carbonyl (C=O) groups excluding carboxylic acids is 2. The van der Waals surface area contributed by atoms with Crippen molar-refractivity contribution in [3.8, 4) is 0 Å². The topological polar surface area (TPSA) is 87.5 Å². The molecule has 2 amide bonds. The number of likely N-dealkylation sites (tertiary alicyclic amines) is 1. The molecule has 0 unspecified atom stereocenters. The summed E-state index contributed by atoms with van der Waals surface area (Å²) in [5.74, 6) is 1.30. The van der Waals surface area contributed by atoms with Gasteiger partial charge in [-0.25, -0.2) is 0 Å². The zero-order chi connectivity index (χ0) is 18.6. The van der Waals surface area contributed by atoms with Gasteiger partial charge in [-0.1, -0.05) is 5.16 Å². The van der Waals surface area contributed by atoms with Gasteiger partial charge in [0.25, 0.3) is 5.91 Å². The summed E-state index contributed by atoms with van der Waals surface area (Å²) < 4.78 is 5.26. The fourth-order valence-electron chi connectivity index (χ4n) is 4.16.